The number of carboxylic acid groups (broad SMARTS) is 1. The van der Waals surface area contributed by atoms with E-state index in [4.69, 9.17) is 21.3 Å². The summed E-state index contributed by atoms with van der Waals surface area (Å²) >= 11 is 0. The number of ether oxygens (including phenoxy) is 1. The molecule has 0 saturated heterocycles. The molecule has 0 atom stereocenters. The molecule has 1 heterocycles. The van der Waals surface area contributed by atoms with Crippen LogP contribution in [0.1, 0.15) is 31.2 Å². The largest absolute Gasteiger partial charge is 0.491 e. The molecule has 21 heavy (non-hydrogen) atoms. The normalized spacial score (nSPS) is 10.5. The van der Waals surface area contributed by atoms with Crippen LogP contribution in [0.3, 0.4) is 0 Å². The maximum Gasteiger partial charge on any atom is 0.303 e. The fraction of sp³-hybridized carbons (Fsp3) is 0.385. The van der Waals surface area contributed by atoms with Crippen molar-refractivity contribution >= 4 is 18.1 Å². The first kappa shape index (κ1) is 16.4. The number of aliphatic carboxylic acids is 1. The van der Waals surface area contributed by atoms with Crippen molar-refractivity contribution in [2.75, 3.05) is 6.61 Å². The summed E-state index contributed by atoms with van der Waals surface area (Å²) in [6.07, 6.45) is 7.05. The summed E-state index contributed by atoms with van der Waals surface area (Å²) in [6.45, 7) is 0.481. The van der Waals surface area contributed by atoms with Gasteiger partial charge in [0.1, 0.15) is 5.75 Å². The van der Waals surface area contributed by atoms with Gasteiger partial charge in [0.25, 0.3) is 0 Å². The van der Waals surface area contributed by atoms with Crippen LogP contribution in [0.2, 0.25) is 0 Å². The number of unbranched alkanes of at least 4 members (excludes halogenated alkanes) is 2. The fourth-order valence-electron chi connectivity index (χ4n) is 1.51. The van der Waals surface area contributed by atoms with Crippen molar-refractivity contribution < 1.29 is 14.6 Å². The van der Waals surface area contributed by atoms with E-state index in [1.165, 1.54) is 6.21 Å². The minimum absolute atomic E-state index is 0.124. The monoisotopic (exact) mass is 293 g/mol. The third-order valence-corrected chi connectivity index (χ3v) is 2.48. The van der Waals surface area contributed by atoms with Gasteiger partial charge in [-0.1, -0.05) is 0 Å². The molecule has 8 heteroatoms. The molecule has 1 rings (SSSR count). The van der Waals surface area contributed by atoms with Gasteiger partial charge in [0, 0.05) is 18.2 Å². The summed E-state index contributed by atoms with van der Waals surface area (Å²) < 4.78 is 5.59. The molecule has 114 valence electrons. The van der Waals surface area contributed by atoms with Crippen LogP contribution in [0.4, 0.5) is 0 Å². The predicted molar refractivity (Wildman–Crippen MR) is 79.2 cm³/mol. The molecule has 0 saturated carbocycles. The maximum absolute atomic E-state index is 10.4. The number of guanidine groups is 1. The van der Waals surface area contributed by atoms with E-state index in [0.717, 1.165) is 12.8 Å². The molecule has 1 aromatic rings. The third kappa shape index (κ3) is 7.51. The van der Waals surface area contributed by atoms with Crippen molar-refractivity contribution in [2.24, 2.45) is 21.7 Å². The Labute approximate surface area is 122 Å². The number of carbonyl (C=O) groups is 1. The van der Waals surface area contributed by atoms with Crippen LogP contribution in [-0.2, 0) is 4.79 Å². The molecule has 0 unspecified atom stereocenters. The Morgan fingerprint density at radius 1 is 1.38 bits per heavy atom. The molecule has 0 radical (unpaired) electrons. The molecule has 0 fully saturated rings. The minimum atomic E-state index is -0.776. The highest BCUT2D eigenvalue weighted by molar-refractivity contribution is 5.84. The summed E-state index contributed by atoms with van der Waals surface area (Å²) in [6, 6.07) is 1.73. The van der Waals surface area contributed by atoms with Crippen molar-refractivity contribution in [3.63, 3.8) is 0 Å². The summed E-state index contributed by atoms with van der Waals surface area (Å²) in [4.78, 5) is 14.3. The van der Waals surface area contributed by atoms with E-state index in [0.29, 0.717) is 24.3 Å². The van der Waals surface area contributed by atoms with Gasteiger partial charge in [-0.25, -0.2) is 0 Å². The average Bonchev–Trinajstić information content (AvgIpc) is 2.43. The van der Waals surface area contributed by atoms with Gasteiger partial charge >= 0.3 is 5.97 Å². The van der Waals surface area contributed by atoms with Crippen LogP contribution >= 0.6 is 0 Å². The van der Waals surface area contributed by atoms with Gasteiger partial charge in [-0.3, -0.25) is 9.78 Å². The molecule has 8 nitrogen and oxygen atoms in total. The SMILES string of the molecule is NC(N)=N/N=C/c1ccncc1OCCCCCC(=O)O. The Bertz CT molecular complexity index is 512. The lowest BCUT2D eigenvalue weighted by molar-refractivity contribution is -0.137. The Balaban J connectivity index is 2.42. The molecule has 0 bridgehead atoms. The van der Waals surface area contributed by atoms with E-state index in [1.807, 2.05) is 0 Å². The zero-order valence-electron chi connectivity index (χ0n) is 11.6. The summed E-state index contributed by atoms with van der Waals surface area (Å²) in [5.74, 6) is -0.326. The molecule has 1 aromatic heterocycles. The summed E-state index contributed by atoms with van der Waals surface area (Å²) in [7, 11) is 0. The van der Waals surface area contributed by atoms with Crippen molar-refractivity contribution in [3.05, 3.63) is 24.0 Å². The smallest absolute Gasteiger partial charge is 0.303 e. The first-order chi connectivity index (χ1) is 10.1. The van der Waals surface area contributed by atoms with Crippen molar-refractivity contribution in [2.45, 2.75) is 25.7 Å². The van der Waals surface area contributed by atoms with Crippen molar-refractivity contribution in [3.8, 4) is 5.75 Å². The summed E-state index contributed by atoms with van der Waals surface area (Å²) in [5.41, 5.74) is 11.1. The molecule has 0 aliphatic rings. The predicted octanol–water partition coefficient (Wildman–Crippen LogP) is 0.713. The van der Waals surface area contributed by atoms with Crippen LogP contribution in [0, 0.1) is 0 Å². The van der Waals surface area contributed by atoms with E-state index in [1.54, 1.807) is 18.5 Å². The second kappa shape index (κ2) is 9.29. The lowest BCUT2D eigenvalue weighted by Gasteiger charge is -2.07. The van der Waals surface area contributed by atoms with Crippen LogP contribution in [0.25, 0.3) is 0 Å². The molecule has 0 aliphatic carbocycles. The summed E-state index contributed by atoms with van der Waals surface area (Å²) in [5, 5.41) is 15.8. The number of hydrogen-bond donors (Lipinski definition) is 3. The highest BCUT2D eigenvalue weighted by Gasteiger charge is 2.02. The van der Waals surface area contributed by atoms with Gasteiger partial charge in [0.15, 0.2) is 0 Å². The number of hydrogen-bond acceptors (Lipinski definition) is 5. The van der Waals surface area contributed by atoms with E-state index in [9.17, 15) is 4.79 Å². The lowest BCUT2D eigenvalue weighted by atomic mass is 10.2. The number of aromatic nitrogens is 1. The second-order valence-electron chi connectivity index (χ2n) is 4.24. The number of carboxylic acids is 1. The van der Waals surface area contributed by atoms with Crippen molar-refractivity contribution in [1.82, 2.24) is 4.98 Å². The molecule has 0 spiro atoms. The lowest BCUT2D eigenvalue weighted by Crippen LogP contribution is -2.21. The number of nitrogens with two attached hydrogens (primary N) is 2. The second-order valence-corrected chi connectivity index (χ2v) is 4.24. The minimum Gasteiger partial charge on any atom is -0.491 e. The zero-order chi connectivity index (χ0) is 15.5. The molecule has 0 amide bonds. The third-order valence-electron chi connectivity index (χ3n) is 2.48. The fourth-order valence-corrected chi connectivity index (χ4v) is 1.51. The van der Waals surface area contributed by atoms with Crippen LogP contribution in [0.5, 0.6) is 5.75 Å². The number of nitrogens with zero attached hydrogens (tertiary/aromatic N) is 3. The van der Waals surface area contributed by atoms with Gasteiger partial charge < -0.3 is 21.3 Å². The Morgan fingerprint density at radius 2 is 2.19 bits per heavy atom. The van der Waals surface area contributed by atoms with Gasteiger partial charge in [-0.2, -0.15) is 5.10 Å². The highest BCUT2D eigenvalue weighted by atomic mass is 16.5. The van der Waals surface area contributed by atoms with Crippen LogP contribution in [-0.4, -0.2) is 34.8 Å². The van der Waals surface area contributed by atoms with E-state index >= 15 is 0 Å². The first-order valence-electron chi connectivity index (χ1n) is 6.50. The number of pyridine rings is 1. The standard InChI is InChI=1S/C13H19N5O3/c14-13(15)18-17-8-10-5-6-16-9-11(10)21-7-3-1-2-4-12(19)20/h5-6,8-9H,1-4,7H2,(H,19,20)(H4,14,15,18)/b17-8+. The molecular formula is C13H19N5O3. The topological polar surface area (TPSA) is 136 Å². The number of rotatable bonds is 9. The highest BCUT2D eigenvalue weighted by Crippen LogP contribution is 2.15. The van der Waals surface area contributed by atoms with Crippen LogP contribution < -0.4 is 16.2 Å². The van der Waals surface area contributed by atoms with E-state index in [2.05, 4.69) is 15.2 Å². The van der Waals surface area contributed by atoms with Gasteiger partial charge in [-0.05, 0) is 25.3 Å². The molecule has 0 aromatic carbocycles. The average molecular weight is 293 g/mol. The molecule has 0 aliphatic heterocycles. The van der Waals surface area contributed by atoms with E-state index in [-0.39, 0.29) is 12.4 Å². The molecular weight excluding hydrogens is 274 g/mol. The van der Waals surface area contributed by atoms with E-state index < -0.39 is 5.97 Å². The van der Waals surface area contributed by atoms with Crippen LogP contribution in [0.15, 0.2) is 28.7 Å². The van der Waals surface area contributed by atoms with Gasteiger partial charge in [-0.15, -0.1) is 5.10 Å². The zero-order valence-corrected chi connectivity index (χ0v) is 11.6. The molecule has 5 N–H and O–H groups in total. The van der Waals surface area contributed by atoms with Crippen molar-refractivity contribution in [1.29, 1.82) is 0 Å². The van der Waals surface area contributed by atoms with Gasteiger partial charge in [0.05, 0.1) is 19.0 Å². The first-order valence-corrected chi connectivity index (χ1v) is 6.50. The Morgan fingerprint density at radius 3 is 2.90 bits per heavy atom. The van der Waals surface area contributed by atoms with Gasteiger partial charge in [0.2, 0.25) is 5.96 Å². The Kier molecular flexibility index (Phi) is 7.26. The maximum atomic E-state index is 10.4. The Hall–Kier alpha value is -2.64. The quantitative estimate of drug-likeness (QED) is 0.265.